The zero-order valence-corrected chi connectivity index (χ0v) is 11.9. The second-order valence-electron chi connectivity index (χ2n) is 5.15. The molecule has 0 bridgehead atoms. The van der Waals surface area contributed by atoms with Crippen molar-refractivity contribution in [1.82, 2.24) is 30.4 Å². The van der Waals surface area contributed by atoms with E-state index in [1.54, 1.807) is 0 Å². The van der Waals surface area contributed by atoms with Crippen LogP contribution in [0.4, 0.5) is 0 Å². The zero-order valence-electron chi connectivity index (χ0n) is 11.9. The largest absolute Gasteiger partial charge is 0.336 e. The molecule has 1 aromatic heterocycles. The fourth-order valence-electron chi connectivity index (χ4n) is 2.44. The molecule has 0 unspecified atom stereocenters. The smallest absolute Gasteiger partial charge is 0.246 e. The Morgan fingerprint density at radius 1 is 1.38 bits per heavy atom. The van der Waals surface area contributed by atoms with Crippen molar-refractivity contribution in [2.45, 2.75) is 19.5 Å². The molecule has 0 spiro atoms. The van der Waals surface area contributed by atoms with E-state index in [4.69, 9.17) is 0 Å². The lowest BCUT2D eigenvalue weighted by Crippen LogP contribution is -2.53. The molecule has 0 aliphatic carbocycles. The summed E-state index contributed by atoms with van der Waals surface area (Å²) in [5.41, 5.74) is 0.895. The fraction of sp³-hybridized carbons (Fsp3) is 0.429. The summed E-state index contributed by atoms with van der Waals surface area (Å²) in [5, 5.41) is 15.5. The number of carbonyl (C=O) groups is 1. The van der Waals surface area contributed by atoms with Crippen LogP contribution in [0.15, 0.2) is 30.3 Å². The number of amides is 1. The minimum absolute atomic E-state index is 0.0287. The van der Waals surface area contributed by atoms with Gasteiger partial charge in [-0.15, -0.1) is 10.2 Å². The Hall–Kier alpha value is -2.28. The quantitative estimate of drug-likeness (QED) is 0.870. The predicted octanol–water partition coefficient (Wildman–Crippen LogP) is 0.160. The summed E-state index contributed by atoms with van der Waals surface area (Å²) in [7, 11) is 0. The van der Waals surface area contributed by atoms with Crippen LogP contribution in [0.1, 0.15) is 6.92 Å². The minimum Gasteiger partial charge on any atom is -0.336 e. The van der Waals surface area contributed by atoms with Gasteiger partial charge < -0.3 is 10.2 Å². The van der Waals surface area contributed by atoms with E-state index in [-0.39, 0.29) is 18.5 Å². The summed E-state index contributed by atoms with van der Waals surface area (Å²) < 4.78 is 0. The zero-order chi connectivity index (χ0) is 14.7. The molecule has 2 aromatic rings. The lowest BCUT2D eigenvalue weighted by Gasteiger charge is -2.33. The topological polar surface area (TPSA) is 75.9 Å². The summed E-state index contributed by atoms with van der Waals surface area (Å²) in [5.74, 6) is 0.567. The van der Waals surface area contributed by atoms with Gasteiger partial charge >= 0.3 is 0 Å². The number of rotatable bonds is 3. The molecule has 1 saturated heterocycles. The van der Waals surface area contributed by atoms with Gasteiger partial charge in [0.05, 0.1) is 0 Å². The summed E-state index contributed by atoms with van der Waals surface area (Å²) in [6.07, 6.45) is 0. The summed E-state index contributed by atoms with van der Waals surface area (Å²) >= 11 is 0. The highest BCUT2D eigenvalue weighted by molar-refractivity contribution is 5.76. The highest BCUT2D eigenvalue weighted by Gasteiger charge is 2.23. The van der Waals surface area contributed by atoms with Crippen LogP contribution in [0.5, 0.6) is 0 Å². The fourth-order valence-corrected chi connectivity index (χ4v) is 2.44. The van der Waals surface area contributed by atoms with Crippen LogP contribution in [-0.2, 0) is 11.3 Å². The molecule has 1 aliphatic heterocycles. The van der Waals surface area contributed by atoms with Crippen LogP contribution < -0.4 is 5.32 Å². The summed E-state index contributed by atoms with van der Waals surface area (Å²) in [6, 6.07) is 9.81. The van der Waals surface area contributed by atoms with E-state index in [9.17, 15) is 4.79 Å². The molecule has 110 valence electrons. The van der Waals surface area contributed by atoms with E-state index in [1.807, 2.05) is 42.2 Å². The third-order valence-electron chi connectivity index (χ3n) is 3.58. The highest BCUT2D eigenvalue weighted by Crippen LogP contribution is 2.12. The Morgan fingerprint density at radius 3 is 2.95 bits per heavy atom. The molecule has 1 atom stereocenters. The SMILES string of the molecule is C[C@@H]1CNCCN1C(=O)Cn1nnc(-c2ccccc2)n1. The Bertz CT molecular complexity index is 611. The van der Waals surface area contributed by atoms with Gasteiger partial charge in [0, 0.05) is 31.2 Å². The molecule has 1 aromatic carbocycles. The first-order chi connectivity index (χ1) is 10.2. The lowest BCUT2D eigenvalue weighted by atomic mass is 10.2. The lowest BCUT2D eigenvalue weighted by molar-refractivity contribution is -0.135. The normalized spacial score (nSPS) is 18.7. The predicted molar refractivity (Wildman–Crippen MR) is 77.3 cm³/mol. The molecule has 0 saturated carbocycles. The number of aromatic nitrogens is 4. The van der Waals surface area contributed by atoms with Crippen molar-refractivity contribution in [3.05, 3.63) is 30.3 Å². The second kappa shape index (κ2) is 6.01. The van der Waals surface area contributed by atoms with Crippen molar-refractivity contribution < 1.29 is 4.79 Å². The summed E-state index contributed by atoms with van der Waals surface area (Å²) in [6.45, 7) is 4.54. The molecule has 1 amide bonds. The van der Waals surface area contributed by atoms with Crippen LogP contribution >= 0.6 is 0 Å². The number of hydrogen-bond acceptors (Lipinski definition) is 5. The van der Waals surface area contributed by atoms with Crippen molar-refractivity contribution in [2.24, 2.45) is 0 Å². The average molecular weight is 286 g/mol. The van der Waals surface area contributed by atoms with Crippen LogP contribution in [-0.4, -0.2) is 56.7 Å². The van der Waals surface area contributed by atoms with Crippen molar-refractivity contribution >= 4 is 5.91 Å². The minimum atomic E-state index is 0.0287. The maximum Gasteiger partial charge on any atom is 0.246 e. The second-order valence-corrected chi connectivity index (χ2v) is 5.15. The van der Waals surface area contributed by atoms with E-state index in [2.05, 4.69) is 20.7 Å². The number of piperazine rings is 1. The number of carbonyl (C=O) groups excluding carboxylic acids is 1. The van der Waals surface area contributed by atoms with Gasteiger partial charge in [0.2, 0.25) is 11.7 Å². The van der Waals surface area contributed by atoms with Crippen molar-refractivity contribution in [2.75, 3.05) is 19.6 Å². The van der Waals surface area contributed by atoms with E-state index in [0.717, 1.165) is 25.2 Å². The molecule has 1 aliphatic rings. The molecular formula is C14H18N6O. The molecule has 7 nitrogen and oxygen atoms in total. The molecule has 1 N–H and O–H groups in total. The van der Waals surface area contributed by atoms with Crippen molar-refractivity contribution in [3.8, 4) is 11.4 Å². The van der Waals surface area contributed by atoms with Gasteiger partial charge in [-0.05, 0) is 12.1 Å². The average Bonchev–Trinajstić information content (AvgIpc) is 2.97. The standard InChI is InChI=1S/C14H18N6O/c1-11-9-15-7-8-19(11)13(21)10-20-17-14(16-18-20)12-5-3-2-4-6-12/h2-6,11,15H,7-10H2,1H3/t11-/m1/s1. The van der Waals surface area contributed by atoms with E-state index >= 15 is 0 Å². The van der Waals surface area contributed by atoms with Crippen LogP contribution in [0.25, 0.3) is 11.4 Å². The van der Waals surface area contributed by atoms with Crippen LogP contribution in [0, 0.1) is 0 Å². The van der Waals surface area contributed by atoms with Gasteiger partial charge in [0.1, 0.15) is 6.54 Å². The molecule has 21 heavy (non-hydrogen) atoms. The van der Waals surface area contributed by atoms with Gasteiger partial charge in [-0.3, -0.25) is 4.79 Å². The highest BCUT2D eigenvalue weighted by atomic mass is 16.2. The van der Waals surface area contributed by atoms with Gasteiger partial charge in [-0.2, -0.15) is 4.80 Å². The molecule has 0 radical (unpaired) electrons. The molecule has 1 fully saturated rings. The first-order valence-electron chi connectivity index (χ1n) is 7.07. The monoisotopic (exact) mass is 286 g/mol. The van der Waals surface area contributed by atoms with Crippen molar-refractivity contribution in [1.29, 1.82) is 0 Å². The van der Waals surface area contributed by atoms with E-state index < -0.39 is 0 Å². The van der Waals surface area contributed by atoms with Gasteiger partial charge in [0.15, 0.2) is 0 Å². The molecule has 2 heterocycles. The number of tetrazole rings is 1. The van der Waals surface area contributed by atoms with Gasteiger partial charge in [-0.25, -0.2) is 0 Å². The maximum absolute atomic E-state index is 12.3. The third-order valence-corrected chi connectivity index (χ3v) is 3.58. The molecule has 7 heteroatoms. The number of benzene rings is 1. The Morgan fingerprint density at radius 2 is 2.19 bits per heavy atom. The van der Waals surface area contributed by atoms with E-state index in [1.165, 1.54) is 4.80 Å². The van der Waals surface area contributed by atoms with Gasteiger partial charge in [0.25, 0.3) is 0 Å². The molecular weight excluding hydrogens is 268 g/mol. The first-order valence-corrected chi connectivity index (χ1v) is 7.07. The third kappa shape index (κ3) is 3.08. The van der Waals surface area contributed by atoms with Crippen molar-refractivity contribution in [3.63, 3.8) is 0 Å². The number of nitrogens with zero attached hydrogens (tertiary/aromatic N) is 5. The Labute approximate surface area is 122 Å². The first kappa shape index (κ1) is 13.7. The van der Waals surface area contributed by atoms with E-state index in [0.29, 0.717) is 5.82 Å². The molecule has 3 rings (SSSR count). The number of nitrogens with one attached hydrogen (secondary N) is 1. The number of hydrogen-bond donors (Lipinski definition) is 1. The van der Waals surface area contributed by atoms with Crippen LogP contribution in [0.2, 0.25) is 0 Å². The Balaban J connectivity index is 1.68. The van der Waals surface area contributed by atoms with Crippen LogP contribution in [0.3, 0.4) is 0 Å². The van der Waals surface area contributed by atoms with Gasteiger partial charge in [-0.1, -0.05) is 30.3 Å². The summed E-state index contributed by atoms with van der Waals surface area (Å²) in [4.78, 5) is 15.5. The Kier molecular flexibility index (Phi) is 3.92. The maximum atomic E-state index is 12.3.